The van der Waals surface area contributed by atoms with Crippen LogP contribution < -0.4 is 15.6 Å². The normalized spacial score (nSPS) is 22.0. The third kappa shape index (κ3) is 4.18. The number of hydrogen-bond acceptors (Lipinski definition) is 6. The van der Waals surface area contributed by atoms with Gasteiger partial charge in [0.15, 0.2) is 5.54 Å². The quantitative estimate of drug-likeness (QED) is 0.354. The van der Waals surface area contributed by atoms with Gasteiger partial charge in [-0.25, -0.2) is 10.4 Å². The van der Waals surface area contributed by atoms with Gasteiger partial charge in [-0.3, -0.25) is 10.2 Å². The predicted octanol–water partition coefficient (Wildman–Crippen LogP) is 1.18. The molecule has 25 heavy (non-hydrogen) atoms. The molecule has 0 fully saturated rings. The largest absolute Gasteiger partial charge is 0.494 e. The minimum absolute atomic E-state index is 0.0979. The fraction of sp³-hybridized carbons (Fsp3) is 0.444. The van der Waals surface area contributed by atoms with Gasteiger partial charge in [-0.15, -0.1) is 6.58 Å². The lowest BCUT2D eigenvalue weighted by Crippen LogP contribution is -2.53. The van der Waals surface area contributed by atoms with E-state index in [0.29, 0.717) is 31.1 Å². The molecule has 0 aromatic heterocycles. The number of rotatable bonds is 9. The van der Waals surface area contributed by atoms with Crippen molar-refractivity contribution < 1.29 is 19.4 Å². The van der Waals surface area contributed by atoms with Crippen molar-refractivity contribution in [2.24, 2.45) is 4.99 Å². The Morgan fingerprint density at radius 3 is 2.80 bits per heavy atom. The highest BCUT2D eigenvalue weighted by atomic mass is 16.5. The van der Waals surface area contributed by atoms with Gasteiger partial charge >= 0.3 is 0 Å². The number of nitrogens with zero attached hydrogens (tertiary/aromatic N) is 1. The standard InChI is InChI=1S/C18H25N3O4/c1-4-10-18(17(23)21-19-3)13(2)25-16(20-18)14-6-8-15(9-7-14)24-12-5-11-22/h4,6-9,13,19,22H,1,5,10-12H2,2-3H3,(H,21,23)/t13-,18-/m0/s1. The Labute approximate surface area is 147 Å². The minimum Gasteiger partial charge on any atom is -0.494 e. The smallest absolute Gasteiger partial charge is 0.266 e. The molecule has 1 aromatic carbocycles. The van der Waals surface area contributed by atoms with Crippen LogP contribution in [0.3, 0.4) is 0 Å². The van der Waals surface area contributed by atoms with Crippen molar-refractivity contribution >= 4 is 11.8 Å². The highest BCUT2D eigenvalue weighted by Gasteiger charge is 2.49. The zero-order chi connectivity index (χ0) is 18.3. The molecule has 3 N–H and O–H groups in total. The molecule has 1 aliphatic rings. The summed E-state index contributed by atoms with van der Waals surface area (Å²) in [5, 5.41) is 8.78. The van der Waals surface area contributed by atoms with Crippen molar-refractivity contribution in [3.8, 4) is 5.75 Å². The van der Waals surface area contributed by atoms with Crippen molar-refractivity contribution in [1.82, 2.24) is 10.9 Å². The highest BCUT2D eigenvalue weighted by molar-refractivity contribution is 6.00. The Bertz CT molecular complexity index is 630. The first-order chi connectivity index (χ1) is 12.1. The van der Waals surface area contributed by atoms with Crippen molar-refractivity contribution in [3.63, 3.8) is 0 Å². The van der Waals surface area contributed by atoms with Crippen molar-refractivity contribution in [2.75, 3.05) is 20.3 Å². The number of carbonyl (C=O) groups is 1. The van der Waals surface area contributed by atoms with E-state index in [2.05, 4.69) is 22.4 Å². The van der Waals surface area contributed by atoms with E-state index in [1.807, 2.05) is 31.2 Å². The molecular formula is C18H25N3O4. The molecule has 136 valence electrons. The number of aliphatic hydroxyl groups is 1. The van der Waals surface area contributed by atoms with E-state index in [-0.39, 0.29) is 12.5 Å². The summed E-state index contributed by atoms with van der Waals surface area (Å²) in [5.41, 5.74) is 4.95. The fourth-order valence-electron chi connectivity index (χ4n) is 2.63. The molecule has 0 radical (unpaired) electrons. The number of ether oxygens (including phenoxy) is 2. The van der Waals surface area contributed by atoms with Crippen LogP contribution in [0.15, 0.2) is 41.9 Å². The number of benzene rings is 1. The zero-order valence-corrected chi connectivity index (χ0v) is 14.6. The molecular weight excluding hydrogens is 322 g/mol. The summed E-state index contributed by atoms with van der Waals surface area (Å²) in [6.45, 7) is 6.11. The molecule has 7 nitrogen and oxygen atoms in total. The molecule has 0 saturated heterocycles. The topological polar surface area (TPSA) is 92.2 Å². The molecule has 1 aliphatic heterocycles. The fourth-order valence-corrected chi connectivity index (χ4v) is 2.63. The van der Waals surface area contributed by atoms with Crippen LogP contribution in [0.2, 0.25) is 0 Å². The molecule has 2 atom stereocenters. The Morgan fingerprint density at radius 2 is 2.20 bits per heavy atom. The van der Waals surface area contributed by atoms with Crippen molar-refractivity contribution in [1.29, 1.82) is 0 Å². The van der Waals surface area contributed by atoms with E-state index in [1.54, 1.807) is 13.1 Å². The molecule has 0 saturated carbocycles. The van der Waals surface area contributed by atoms with Gasteiger partial charge in [0.2, 0.25) is 5.90 Å². The summed E-state index contributed by atoms with van der Waals surface area (Å²) in [6.07, 6.45) is 2.20. The van der Waals surface area contributed by atoms with E-state index in [4.69, 9.17) is 14.6 Å². The number of nitrogens with one attached hydrogen (secondary N) is 2. The molecule has 1 heterocycles. The maximum atomic E-state index is 12.5. The monoisotopic (exact) mass is 347 g/mol. The molecule has 2 rings (SSSR count). The Hall–Kier alpha value is -2.38. The van der Waals surface area contributed by atoms with E-state index < -0.39 is 11.6 Å². The van der Waals surface area contributed by atoms with Gasteiger partial charge < -0.3 is 14.6 Å². The van der Waals surface area contributed by atoms with Crippen LogP contribution in [-0.4, -0.2) is 48.8 Å². The summed E-state index contributed by atoms with van der Waals surface area (Å²) in [5.74, 6) is 0.859. The summed E-state index contributed by atoms with van der Waals surface area (Å²) >= 11 is 0. The van der Waals surface area contributed by atoms with Crippen LogP contribution in [0.5, 0.6) is 5.75 Å². The number of carbonyl (C=O) groups excluding carboxylic acids is 1. The minimum atomic E-state index is -1.05. The van der Waals surface area contributed by atoms with Gasteiger partial charge in [-0.05, 0) is 31.2 Å². The number of hydrogen-bond donors (Lipinski definition) is 3. The van der Waals surface area contributed by atoms with Crippen molar-refractivity contribution in [2.45, 2.75) is 31.4 Å². The third-order valence-electron chi connectivity index (χ3n) is 4.02. The molecule has 0 unspecified atom stereocenters. The molecule has 7 heteroatoms. The van der Waals surface area contributed by atoms with E-state index in [9.17, 15) is 4.79 Å². The maximum Gasteiger partial charge on any atom is 0.266 e. The maximum absolute atomic E-state index is 12.5. The Morgan fingerprint density at radius 1 is 1.48 bits per heavy atom. The van der Waals surface area contributed by atoms with Gasteiger partial charge in [0.25, 0.3) is 5.91 Å². The van der Waals surface area contributed by atoms with Crippen LogP contribution in [0.25, 0.3) is 0 Å². The average molecular weight is 347 g/mol. The van der Waals surface area contributed by atoms with Crippen LogP contribution in [0.1, 0.15) is 25.3 Å². The second-order valence-corrected chi connectivity index (χ2v) is 5.75. The summed E-state index contributed by atoms with van der Waals surface area (Å²) in [6, 6.07) is 7.29. The number of aliphatic imine (C=N–C) groups is 1. The molecule has 0 aliphatic carbocycles. The Balaban J connectivity index is 2.21. The van der Waals surface area contributed by atoms with Crippen molar-refractivity contribution in [3.05, 3.63) is 42.5 Å². The summed E-state index contributed by atoms with van der Waals surface area (Å²) < 4.78 is 11.4. The summed E-state index contributed by atoms with van der Waals surface area (Å²) in [7, 11) is 1.63. The first kappa shape index (κ1) is 19.0. The highest BCUT2D eigenvalue weighted by Crippen LogP contribution is 2.32. The molecule has 1 amide bonds. The van der Waals surface area contributed by atoms with Gasteiger partial charge in [-0.2, -0.15) is 0 Å². The van der Waals surface area contributed by atoms with E-state index in [1.165, 1.54) is 0 Å². The number of amides is 1. The third-order valence-corrected chi connectivity index (χ3v) is 4.02. The van der Waals surface area contributed by atoms with Crippen LogP contribution in [0.4, 0.5) is 0 Å². The molecule has 1 aromatic rings. The first-order valence-corrected chi connectivity index (χ1v) is 8.26. The lowest BCUT2D eigenvalue weighted by molar-refractivity contribution is -0.129. The van der Waals surface area contributed by atoms with Gasteiger partial charge in [0.1, 0.15) is 11.9 Å². The van der Waals surface area contributed by atoms with Crippen LogP contribution in [-0.2, 0) is 9.53 Å². The van der Waals surface area contributed by atoms with Crippen LogP contribution >= 0.6 is 0 Å². The second-order valence-electron chi connectivity index (χ2n) is 5.75. The van der Waals surface area contributed by atoms with Gasteiger partial charge in [-0.1, -0.05) is 6.08 Å². The SMILES string of the molecule is C=CC[C@]1(C(=O)NNC)N=C(c2ccc(OCCCO)cc2)O[C@H]1C. The zero-order valence-electron chi connectivity index (χ0n) is 14.6. The molecule has 0 bridgehead atoms. The first-order valence-electron chi connectivity index (χ1n) is 8.26. The van der Waals surface area contributed by atoms with Gasteiger partial charge in [0, 0.05) is 32.1 Å². The van der Waals surface area contributed by atoms with Crippen LogP contribution in [0, 0.1) is 0 Å². The van der Waals surface area contributed by atoms with Gasteiger partial charge in [0.05, 0.1) is 6.61 Å². The molecule has 0 spiro atoms. The second kappa shape index (κ2) is 8.64. The Kier molecular flexibility index (Phi) is 6.55. The lowest BCUT2D eigenvalue weighted by atomic mass is 9.90. The number of hydrazine groups is 1. The van der Waals surface area contributed by atoms with E-state index in [0.717, 1.165) is 5.56 Å². The summed E-state index contributed by atoms with van der Waals surface area (Å²) in [4.78, 5) is 17.1. The number of aliphatic hydroxyl groups excluding tert-OH is 1. The average Bonchev–Trinajstić information content (AvgIpc) is 2.94. The van der Waals surface area contributed by atoms with E-state index >= 15 is 0 Å². The lowest BCUT2D eigenvalue weighted by Gasteiger charge is -2.26. The predicted molar refractivity (Wildman–Crippen MR) is 95.5 cm³/mol.